The van der Waals surface area contributed by atoms with Crippen LogP contribution in [0, 0.1) is 0 Å². The van der Waals surface area contributed by atoms with Gasteiger partial charge >= 0.3 is 0 Å². The van der Waals surface area contributed by atoms with Gasteiger partial charge in [-0.2, -0.15) is 0 Å². The van der Waals surface area contributed by atoms with E-state index in [0.29, 0.717) is 22.3 Å². The molecular formula is C17H16N4O3S. The lowest BCUT2D eigenvalue weighted by atomic mass is 10.2. The molecule has 8 heteroatoms. The average Bonchev–Trinajstić information content (AvgIpc) is 2.64. The van der Waals surface area contributed by atoms with Gasteiger partial charge < -0.3 is 15.9 Å². The van der Waals surface area contributed by atoms with Crippen LogP contribution in [0.3, 0.4) is 0 Å². The Balaban J connectivity index is 1.70. The Morgan fingerprint density at radius 2 is 1.96 bits per heavy atom. The fraction of sp³-hybridized carbons (Fsp3) is 0.118. The first-order valence-electron chi connectivity index (χ1n) is 7.42. The standard InChI is InChI=1S/C17H16N4O3S/c1-24-12-8-6-11(7-9-12)19-15(22)10-25-17-20-14-5-3-2-4-13(14)16(23)21(17)18/h2-9H,10,18H2,1H3,(H,19,22). The van der Waals surface area contributed by atoms with Crippen molar-refractivity contribution in [2.24, 2.45) is 0 Å². The molecule has 0 radical (unpaired) electrons. The van der Waals surface area contributed by atoms with E-state index in [4.69, 9.17) is 10.6 Å². The number of aromatic nitrogens is 2. The molecule has 0 aliphatic carbocycles. The number of benzene rings is 2. The number of para-hydroxylation sites is 1. The molecule has 1 heterocycles. The van der Waals surface area contributed by atoms with Crippen LogP contribution in [0.15, 0.2) is 58.5 Å². The van der Waals surface area contributed by atoms with E-state index >= 15 is 0 Å². The first-order valence-corrected chi connectivity index (χ1v) is 8.40. The molecule has 3 aromatic rings. The van der Waals surface area contributed by atoms with Gasteiger partial charge in [0.05, 0.1) is 23.8 Å². The summed E-state index contributed by atoms with van der Waals surface area (Å²) in [4.78, 5) is 28.6. The molecule has 0 bridgehead atoms. The van der Waals surface area contributed by atoms with Gasteiger partial charge in [0.2, 0.25) is 5.91 Å². The lowest BCUT2D eigenvalue weighted by Crippen LogP contribution is -2.30. The van der Waals surface area contributed by atoms with Gasteiger partial charge in [0, 0.05) is 5.69 Å². The molecule has 2 aromatic carbocycles. The summed E-state index contributed by atoms with van der Waals surface area (Å²) in [5.74, 6) is 6.36. The van der Waals surface area contributed by atoms with Crippen molar-refractivity contribution >= 4 is 34.3 Å². The summed E-state index contributed by atoms with van der Waals surface area (Å²) >= 11 is 1.10. The molecule has 0 aliphatic rings. The van der Waals surface area contributed by atoms with Gasteiger partial charge in [-0.1, -0.05) is 23.9 Å². The van der Waals surface area contributed by atoms with Crippen LogP contribution in [0.25, 0.3) is 10.9 Å². The van der Waals surface area contributed by atoms with E-state index in [2.05, 4.69) is 10.3 Å². The van der Waals surface area contributed by atoms with E-state index in [-0.39, 0.29) is 22.4 Å². The second-order valence-electron chi connectivity index (χ2n) is 5.15. The van der Waals surface area contributed by atoms with Gasteiger partial charge in [0.15, 0.2) is 5.16 Å². The van der Waals surface area contributed by atoms with Gasteiger partial charge in [-0.25, -0.2) is 9.66 Å². The van der Waals surface area contributed by atoms with Crippen LogP contribution in [-0.2, 0) is 4.79 Å². The number of nitrogens with one attached hydrogen (secondary N) is 1. The smallest absolute Gasteiger partial charge is 0.280 e. The third-order valence-corrected chi connectivity index (χ3v) is 4.43. The van der Waals surface area contributed by atoms with Gasteiger partial charge in [-0.05, 0) is 36.4 Å². The number of carbonyl (C=O) groups is 1. The first kappa shape index (κ1) is 16.8. The topological polar surface area (TPSA) is 99.2 Å². The van der Waals surface area contributed by atoms with Crippen LogP contribution in [0.1, 0.15) is 0 Å². The number of rotatable bonds is 5. The summed E-state index contributed by atoms with van der Waals surface area (Å²) < 4.78 is 6.03. The predicted molar refractivity (Wildman–Crippen MR) is 98.5 cm³/mol. The van der Waals surface area contributed by atoms with Crippen molar-refractivity contribution in [1.29, 1.82) is 0 Å². The molecule has 1 amide bonds. The number of carbonyl (C=O) groups excluding carboxylic acids is 1. The van der Waals surface area contributed by atoms with Crippen molar-refractivity contribution in [3.8, 4) is 5.75 Å². The monoisotopic (exact) mass is 356 g/mol. The molecule has 128 valence electrons. The van der Waals surface area contributed by atoms with Crippen molar-refractivity contribution in [1.82, 2.24) is 9.66 Å². The van der Waals surface area contributed by atoms with Gasteiger partial charge in [0.1, 0.15) is 5.75 Å². The Bertz CT molecular complexity index is 970. The SMILES string of the molecule is COc1ccc(NC(=O)CSc2nc3ccccc3c(=O)n2N)cc1. The molecule has 7 nitrogen and oxygen atoms in total. The number of hydrogen-bond acceptors (Lipinski definition) is 6. The molecule has 0 fully saturated rings. The number of anilines is 1. The number of hydrogen-bond donors (Lipinski definition) is 2. The highest BCUT2D eigenvalue weighted by molar-refractivity contribution is 7.99. The fourth-order valence-corrected chi connectivity index (χ4v) is 2.95. The van der Waals surface area contributed by atoms with E-state index in [9.17, 15) is 9.59 Å². The van der Waals surface area contributed by atoms with Crippen molar-refractivity contribution in [3.63, 3.8) is 0 Å². The maximum absolute atomic E-state index is 12.2. The predicted octanol–water partition coefficient (Wildman–Crippen LogP) is 1.85. The summed E-state index contributed by atoms with van der Waals surface area (Å²) in [7, 11) is 1.58. The van der Waals surface area contributed by atoms with Crippen LogP contribution in [0.5, 0.6) is 5.75 Å². The molecular weight excluding hydrogens is 340 g/mol. The highest BCUT2D eigenvalue weighted by Gasteiger charge is 2.11. The molecule has 0 atom stereocenters. The lowest BCUT2D eigenvalue weighted by molar-refractivity contribution is -0.113. The third kappa shape index (κ3) is 3.74. The van der Waals surface area contributed by atoms with Crippen molar-refractivity contribution in [2.45, 2.75) is 5.16 Å². The number of amides is 1. The number of ether oxygens (including phenoxy) is 1. The summed E-state index contributed by atoms with van der Waals surface area (Å²) in [6.07, 6.45) is 0. The van der Waals surface area contributed by atoms with E-state index in [1.165, 1.54) is 0 Å². The average molecular weight is 356 g/mol. The minimum Gasteiger partial charge on any atom is -0.497 e. The molecule has 25 heavy (non-hydrogen) atoms. The molecule has 0 saturated carbocycles. The number of nitrogens with zero attached hydrogens (tertiary/aromatic N) is 2. The molecule has 0 saturated heterocycles. The third-order valence-electron chi connectivity index (χ3n) is 3.48. The number of fused-ring (bicyclic) bond motifs is 1. The second-order valence-corrected chi connectivity index (χ2v) is 6.09. The summed E-state index contributed by atoms with van der Waals surface area (Å²) in [6.45, 7) is 0. The zero-order chi connectivity index (χ0) is 17.8. The summed E-state index contributed by atoms with van der Waals surface area (Å²) in [5.41, 5.74) is 0.860. The number of nitrogens with two attached hydrogens (primary N) is 1. The van der Waals surface area contributed by atoms with E-state index in [1.807, 2.05) is 0 Å². The van der Waals surface area contributed by atoms with Crippen molar-refractivity contribution in [2.75, 3.05) is 24.0 Å². The zero-order valence-corrected chi connectivity index (χ0v) is 14.2. The zero-order valence-electron chi connectivity index (χ0n) is 13.4. The Morgan fingerprint density at radius 3 is 2.68 bits per heavy atom. The van der Waals surface area contributed by atoms with E-state index < -0.39 is 0 Å². The molecule has 0 aliphatic heterocycles. The Hall–Kier alpha value is -3.00. The van der Waals surface area contributed by atoms with E-state index in [1.54, 1.807) is 55.6 Å². The number of methoxy groups -OCH3 is 1. The number of nitrogen functional groups attached to an aromatic ring is 1. The summed E-state index contributed by atoms with van der Waals surface area (Å²) in [5, 5.41) is 3.49. The molecule has 1 aromatic heterocycles. The van der Waals surface area contributed by atoms with Crippen LogP contribution in [0.2, 0.25) is 0 Å². The van der Waals surface area contributed by atoms with Crippen LogP contribution >= 0.6 is 11.8 Å². The van der Waals surface area contributed by atoms with Crippen LogP contribution < -0.4 is 21.5 Å². The fourth-order valence-electron chi connectivity index (χ4n) is 2.23. The molecule has 3 rings (SSSR count). The highest BCUT2D eigenvalue weighted by Crippen LogP contribution is 2.18. The maximum atomic E-state index is 12.2. The molecule has 0 unspecified atom stereocenters. The lowest BCUT2D eigenvalue weighted by Gasteiger charge is -2.09. The quantitative estimate of drug-likeness (QED) is 0.411. The number of thioether (sulfide) groups is 1. The first-order chi connectivity index (χ1) is 12.1. The Morgan fingerprint density at radius 1 is 1.24 bits per heavy atom. The van der Waals surface area contributed by atoms with Crippen molar-refractivity contribution < 1.29 is 9.53 Å². The maximum Gasteiger partial charge on any atom is 0.280 e. The summed E-state index contributed by atoms with van der Waals surface area (Å²) in [6, 6.07) is 13.9. The van der Waals surface area contributed by atoms with Crippen LogP contribution in [0.4, 0.5) is 5.69 Å². The minimum atomic E-state index is -0.344. The van der Waals surface area contributed by atoms with Gasteiger partial charge in [-0.15, -0.1) is 0 Å². The molecule has 3 N–H and O–H groups in total. The van der Waals surface area contributed by atoms with E-state index in [0.717, 1.165) is 16.4 Å². The highest BCUT2D eigenvalue weighted by atomic mass is 32.2. The van der Waals surface area contributed by atoms with Crippen LogP contribution in [-0.4, -0.2) is 28.4 Å². The largest absolute Gasteiger partial charge is 0.497 e. The Labute approximate surface area is 147 Å². The Kier molecular flexibility index (Phi) is 4.90. The van der Waals surface area contributed by atoms with Gasteiger partial charge in [-0.3, -0.25) is 9.59 Å². The minimum absolute atomic E-state index is 0.0774. The second kappa shape index (κ2) is 7.27. The normalized spacial score (nSPS) is 10.6. The van der Waals surface area contributed by atoms with Gasteiger partial charge in [0.25, 0.3) is 5.56 Å². The van der Waals surface area contributed by atoms with Crippen molar-refractivity contribution in [3.05, 3.63) is 58.9 Å². The molecule has 0 spiro atoms.